The predicted molar refractivity (Wildman–Crippen MR) is 57.3 cm³/mol. The largest absolute Gasteiger partial charge is 0.355 e. The van der Waals surface area contributed by atoms with E-state index in [1.54, 1.807) is 14.2 Å². The van der Waals surface area contributed by atoms with Gasteiger partial charge in [-0.3, -0.25) is 4.90 Å². The Hall–Kier alpha value is -0.120. The Kier molecular flexibility index (Phi) is 5.45. The summed E-state index contributed by atoms with van der Waals surface area (Å²) < 4.78 is 10.4. The van der Waals surface area contributed by atoms with Gasteiger partial charge < -0.3 is 9.47 Å². The Morgan fingerprint density at radius 1 is 1.29 bits per heavy atom. The minimum Gasteiger partial charge on any atom is -0.355 e. The van der Waals surface area contributed by atoms with Crippen LogP contribution in [-0.4, -0.2) is 45.0 Å². The van der Waals surface area contributed by atoms with Gasteiger partial charge in [-0.15, -0.1) is 0 Å². The summed E-state index contributed by atoms with van der Waals surface area (Å²) in [5, 5.41) is 0. The molecule has 0 unspecified atom stereocenters. The van der Waals surface area contributed by atoms with Gasteiger partial charge in [0.2, 0.25) is 0 Å². The first-order chi connectivity index (χ1) is 6.80. The molecule has 0 aromatic carbocycles. The second kappa shape index (κ2) is 6.38. The summed E-state index contributed by atoms with van der Waals surface area (Å²) in [6.45, 7) is 5.49. The molecule has 3 heteroatoms. The van der Waals surface area contributed by atoms with Crippen LogP contribution in [0.4, 0.5) is 0 Å². The fourth-order valence-electron chi connectivity index (χ4n) is 1.70. The van der Waals surface area contributed by atoms with E-state index in [4.69, 9.17) is 9.47 Å². The fraction of sp³-hybridized carbons (Fsp3) is 1.00. The molecule has 0 N–H and O–H groups in total. The van der Waals surface area contributed by atoms with Crippen LogP contribution in [0.3, 0.4) is 0 Å². The molecule has 0 atom stereocenters. The third kappa shape index (κ3) is 4.40. The lowest BCUT2D eigenvalue weighted by atomic mass is 10.3. The van der Waals surface area contributed by atoms with Gasteiger partial charge in [0.25, 0.3) is 0 Å². The summed E-state index contributed by atoms with van der Waals surface area (Å²) >= 11 is 0. The molecule has 0 aromatic heterocycles. The number of hydrogen-bond acceptors (Lipinski definition) is 3. The van der Waals surface area contributed by atoms with Gasteiger partial charge in [-0.2, -0.15) is 0 Å². The minimum absolute atomic E-state index is 0.0692. The molecule has 0 bridgehead atoms. The molecule has 1 aliphatic rings. The van der Waals surface area contributed by atoms with Crippen molar-refractivity contribution in [3.8, 4) is 0 Å². The summed E-state index contributed by atoms with van der Waals surface area (Å²) in [7, 11) is 3.41. The molecule has 0 heterocycles. The van der Waals surface area contributed by atoms with Gasteiger partial charge in [-0.05, 0) is 31.7 Å². The molecule has 0 spiro atoms. The van der Waals surface area contributed by atoms with Crippen molar-refractivity contribution in [2.75, 3.05) is 33.9 Å². The molecule has 1 fully saturated rings. The lowest BCUT2D eigenvalue weighted by Gasteiger charge is -2.25. The smallest absolute Gasteiger partial charge is 0.169 e. The Morgan fingerprint density at radius 3 is 2.36 bits per heavy atom. The van der Waals surface area contributed by atoms with E-state index >= 15 is 0 Å². The maximum Gasteiger partial charge on any atom is 0.169 e. The minimum atomic E-state index is -0.0692. The van der Waals surface area contributed by atoms with E-state index in [1.165, 1.54) is 25.8 Å². The van der Waals surface area contributed by atoms with Crippen LogP contribution in [0.5, 0.6) is 0 Å². The fourth-order valence-corrected chi connectivity index (χ4v) is 1.70. The molecule has 1 rings (SSSR count). The van der Waals surface area contributed by atoms with E-state index in [9.17, 15) is 0 Å². The van der Waals surface area contributed by atoms with Gasteiger partial charge in [0.05, 0.1) is 0 Å². The summed E-state index contributed by atoms with van der Waals surface area (Å²) in [6.07, 6.45) is 3.95. The molecular formula is C11H23NO2. The first-order valence-electron chi connectivity index (χ1n) is 5.58. The van der Waals surface area contributed by atoms with E-state index in [-0.39, 0.29) is 6.29 Å². The van der Waals surface area contributed by atoms with Crippen molar-refractivity contribution in [3.05, 3.63) is 0 Å². The molecular weight excluding hydrogens is 178 g/mol. The molecule has 0 aromatic rings. The van der Waals surface area contributed by atoms with Crippen LogP contribution in [0.25, 0.3) is 0 Å². The van der Waals surface area contributed by atoms with Crippen LogP contribution < -0.4 is 0 Å². The Balaban J connectivity index is 2.24. The summed E-state index contributed by atoms with van der Waals surface area (Å²) in [5.41, 5.74) is 0. The molecule has 3 nitrogen and oxygen atoms in total. The van der Waals surface area contributed by atoms with E-state index in [1.807, 2.05) is 0 Å². The van der Waals surface area contributed by atoms with Crippen LogP contribution in [0.1, 0.15) is 26.2 Å². The highest BCUT2D eigenvalue weighted by Crippen LogP contribution is 2.29. The highest BCUT2D eigenvalue weighted by atomic mass is 16.7. The molecule has 84 valence electrons. The normalized spacial score (nSPS) is 16.9. The van der Waals surface area contributed by atoms with Crippen molar-refractivity contribution in [3.63, 3.8) is 0 Å². The maximum absolute atomic E-state index is 5.21. The number of methoxy groups -OCH3 is 2. The molecule has 1 saturated carbocycles. The van der Waals surface area contributed by atoms with E-state index < -0.39 is 0 Å². The first-order valence-corrected chi connectivity index (χ1v) is 5.58. The monoisotopic (exact) mass is 201 g/mol. The van der Waals surface area contributed by atoms with Crippen LogP contribution in [0.15, 0.2) is 0 Å². The zero-order valence-electron chi connectivity index (χ0n) is 9.66. The van der Waals surface area contributed by atoms with Crippen LogP contribution in [0, 0.1) is 5.92 Å². The third-order valence-electron chi connectivity index (χ3n) is 2.69. The van der Waals surface area contributed by atoms with E-state index in [0.29, 0.717) is 0 Å². The Morgan fingerprint density at radius 2 is 1.93 bits per heavy atom. The van der Waals surface area contributed by atoms with E-state index in [2.05, 4.69) is 11.8 Å². The second-order valence-corrected chi connectivity index (χ2v) is 4.10. The highest BCUT2D eigenvalue weighted by molar-refractivity contribution is 4.77. The summed E-state index contributed by atoms with van der Waals surface area (Å²) in [5.74, 6) is 0.941. The Labute approximate surface area is 87.4 Å². The molecule has 1 aliphatic carbocycles. The van der Waals surface area contributed by atoms with Crippen molar-refractivity contribution in [1.29, 1.82) is 0 Å². The average molecular weight is 201 g/mol. The number of hydrogen-bond donors (Lipinski definition) is 0. The Bertz CT molecular complexity index is 144. The van der Waals surface area contributed by atoms with Crippen LogP contribution in [0.2, 0.25) is 0 Å². The van der Waals surface area contributed by atoms with Gasteiger partial charge >= 0.3 is 0 Å². The first kappa shape index (κ1) is 12.0. The maximum atomic E-state index is 5.21. The average Bonchev–Trinajstić information content (AvgIpc) is 2.98. The zero-order chi connectivity index (χ0) is 10.4. The van der Waals surface area contributed by atoms with Gasteiger partial charge in [0.1, 0.15) is 0 Å². The number of ether oxygens (including phenoxy) is 2. The van der Waals surface area contributed by atoms with Crippen molar-refractivity contribution in [2.45, 2.75) is 32.5 Å². The summed E-state index contributed by atoms with van der Waals surface area (Å²) in [6, 6.07) is 0. The van der Waals surface area contributed by atoms with Gasteiger partial charge in [0, 0.05) is 27.3 Å². The van der Waals surface area contributed by atoms with Crippen LogP contribution >= 0.6 is 0 Å². The predicted octanol–water partition coefficient (Wildman–Crippen LogP) is 1.73. The standard InChI is InChI=1S/C11H23NO2/c1-4-7-12(8-10-5-6-10)9-11(13-2)14-3/h10-11H,4-9H2,1-3H3. The van der Waals surface area contributed by atoms with Gasteiger partial charge in [0.15, 0.2) is 6.29 Å². The zero-order valence-corrected chi connectivity index (χ0v) is 9.66. The third-order valence-corrected chi connectivity index (χ3v) is 2.69. The van der Waals surface area contributed by atoms with Crippen molar-refractivity contribution in [2.24, 2.45) is 5.92 Å². The lowest BCUT2D eigenvalue weighted by molar-refractivity contribution is -0.116. The molecule has 0 aliphatic heterocycles. The molecule has 0 amide bonds. The molecule has 14 heavy (non-hydrogen) atoms. The lowest BCUT2D eigenvalue weighted by Crippen LogP contribution is -2.36. The second-order valence-electron chi connectivity index (χ2n) is 4.10. The number of nitrogens with zero attached hydrogens (tertiary/aromatic N) is 1. The van der Waals surface area contributed by atoms with Crippen LogP contribution in [-0.2, 0) is 9.47 Å². The topological polar surface area (TPSA) is 21.7 Å². The molecule has 0 saturated heterocycles. The SMILES string of the molecule is CCCN(CC1CC1)CC(OC)OC. The van der Waals surface area contributed by atoms with Gasteiger partial charge in [-0.25, -0.2) is 0 Å². The quantitative estimate of drug-likeness (QED) is 0.558. The number of rotatable bonds is 8. The van der Waals surface area contributed by atoms with Crippen molar-refractivity contribution >= 4 is 0 Å². The van der Waals surface area contributed by atoms with Crippen molar-refractivity contribution < 1.29 is 9.47 Å². The highest BCUT2D eigenvalue weighted by Gasteiger charge is 2.25. The van der Waals surface area contributed by atoms with Gasteiger partial charge in [-0.1, -0.05) is 6.92 Å². The molecule has 0 radical (unpaired) electrons. The summed E-state index contributed by atoms with van der Waals surface area (Å²) in [4.78, 5) is 2.45. The van der Waals surface area contributed by atoms with Crippen molar-refractivity contribution in [1.82, 2.24) is 4.90 Å². The van der Waals surface area contributed by atoms with E-state index in [0.717, 1.165) is 19.0 Å².